The fraction of sp³-hybridized carbons (Fsp3) is 0.364. The van der Waals surface area contributed by atoms with Crippen molar-refractivity contribution >= 4 is 34.7 Å². The zero-order valence-corrected chi connectivity index (χ0v) is 9.98. The van der Waals surface area contributed by atoms with E-state index in [1.165, 1.54) is 12.1 Å². The number of rotatable bonds is 1. The lowest BCUT2D eigenvalue weighted by molar-refractivity contribution is -0.119. The summed E-state index contributed by atoms with van der Waals surface area (Å²) in [6, 6.07) is 2.47. The van der Waals surface area contributed by atoms with Crippen molar-refractivity contribution in [1.29, 1.82) is 0 Å². The quantitative estimate of drug-likeness (QED) is 0.773. The lowest BCUT2D eigenvalue weighted by Crippen LogP contribution is -2.34. The number of hydrogen-bond donors (Lipinski definition) is 0. The number of benzene rings is 1. The van der Waals surface area contributed by atoms with Crippen LogP contribution in [0.3, 0.4) is 0 Å². The number of hydrogen-bond acceptors (Lipinski definition) is 2. The van der Waals surface area contributed by atoms with Gasteiger partial charge in [-0.3, -0.25) is 4.79 Å². The Hall–Kier alpha value is -0.800. The van der Waals surface area contributed by atoms with Gasteiger partial charge < -0.3 is 4.90 Å². The van der Waals surface area contributed by atoms with Gasteiger partial charge in [0.25, 0.3) is 0 Å². The predicted molar refractivity (Wildman–Crippen MR) is 62.9 cm³/mol. The van der Waals surface area contributed by atoms with Crippen LogP contribution < -0.4 is 4.90 Å². The third-order valence-electron chi connectivity index (χ3n) is 2.62. The molecule has 2 nitrogen and oxygen atoms in total. The van der Waals surface area contributed by atoms with Crippen molar-refractivity contribution in [3.8, 4) is 0 Å². The van der Waals surface area contributed by atoms with Crippen molar-refractivity contribution < 1.29 is 9.18 Å². The van der Waals surface area contributed by atoms with E-state index in [1.807, 2.05) is 4.90 Å². The third kappa shape index (κ3) is 2.30. The number of nitrogens with zero attached hydrogens (tertiary/aromatic N) is 1. The van der Waals surface area contributed by atoms with E-state index in [4.69, 9.17) is 23.2 Å². The fourth-order valence-corrected chi connectivity index (χ4v) is 2.52. The Morgan fingerprint density at radius 3 is 2.12 bits per heavy atom. The Bertz CT molecular complexity index is 403. The molecule has 0 radical (unpaired) electrons. The molecular weight excluding hydrogens is 252 g/mol. The summed E-state index contributed by atoms with van der Waals surface area (Å²) in [6.07, 6.45) is 0.980. The first-order valence-corrected chi connectivity index (χ1v) is 5.74. The van der Waals surface area contributed by atoms with Crippen molar-refractivity contribution in [3.63, 3.8) is 0 Å². The van der Waals surface area contributed by atoms with Crippen LogP contribution in [0.2, 0.25) is 10.0 Å². The van der Waals surface area contributed by atoms with Crippen LogP contribution in [0.5, 0.6) is 0 Å². The first-order valence-electron chi connectivity index (χ1n) is 4.99. The van der Waals surface area contributed by atoms with Crippen molar-refractivity contribution in [2.24, 2.45) is 0 Å². The summed E-state index contributed by atoms with van der Waals surface area (Å²) in [6.45, 7) is 1.17. The average molecular weight is 262 g/mol. The summed E-state index contributed by atoms with van der Waals surface area (Å²) >= 11 is 11.9. The summed E-state index contributed by atoms with van der Waals surface area (Å²) in [4.78, 5) is 13.0. The maximum atomic E-state index is 13.0. The molecule has 1 aliphatic heterocycles. The fourth-order valence-electron chi connectivity index (χ4n) is 1.82. The average Bonchev–Trinajstić information content (AvgIpc) is 2.19. The standard InChI is InChI=1S/C11H10Cl2FNO/c12-9-5-7(14)6-10(13)11(9)15-3-1-8(16)2-4-15/h5-6H,1-4H2. The highest BCUT2D eigenvalue weighted by Gasteiger charge is 2.21. The highest BCUT2D eigenvalue weighted by Crippen LogP contribution is 2.35. The number of carbonyl (C=O) groups is 1. The maximum absolute atomic E-state index is 13.0. The van der Waals surface area contributed by atoms with Crippen LogP contribution in [0, 0.1) is 5.82 Å². The second kappa shape index (κ2) is 4.60. The SMILES string of the molecule is O=C1CCN(c2c(Cl)cc(F)cc2Cl)CC1. The lowest BCUT2D eigenvalue weighted by atomic mass is 10.1. The third-order valence-corrected chi connectivity index (χ3v) is 3.20. The first kappa shape index (κ1) is 11.7. The molecule has 0 aromatic heterocycles. The van der Waals surface area contributed by atoms with Crippen molar-refractivity contribution in [3.05, 3.63) is 28.0 Å². The molecule has 1 heterocycles. The van der Waals surface area contributed by atoms with E-state index in [1.54, 1.807) is 0 Å². The van der Waals surface area contributed by atoms with Gasteiger partial charge in [-0.25, -0.2) is 4.39 Å². The highest BCUT2D eigenvalue weighted by molar-refractivity contribution is 6.39. The van der Waals surface area contributed by atoms with Gasteiger partial charge in [0, 0.05) is 25.9 Å². The van der Waals surface area contributed by atoms with Gasteiger partial charge in [-0.15, -0.1) is 0 Å². The second-order valence-corrected chi connectivity index (χ2v) is 4.56. The normalized spacial score (nSPS) is 16.7. The minimum atomic E-state index is -0.452. The van der Waals surface area contributed by atoms with E-state index in [0.717, 1.165) is 0 Å². The molecule has 1 aromatic rings. The molecule has 16 heavy (non-hydrogen) atoms. The molecule has 5 heteroatoms. The summed E-state index contributed by atoms with van der Waals surface area (Å²) < 4.78 is 13.0. The second-order valence-electron chi connectivity index (χ2n) is 3.74. The topological polar surface area (TPSA) is 20.3 Å². The molecule has 0 aliphatic carbocycles. The minimum Gasteiger partial charge on any atom is -0.368 e. The van der Waals surface area contributed by atoms with Crippen LogP contribution in [0.1, 0.15) is 12.8 Å². The van der Waals surface area contributed by atoms with E-state index in [0.29, 0.717) is 41.7 Å². The van der Waals surface area contributed by atoms with Crippen LogP contribution in [0.15, 0.2) is 12.1 Å². The van der Waals surface area contributed by atoms with E-state index in [9.17, 15) is 9.18 Å². The van der Waals surface area contributed by atoms with Gasteiger partial charge in [0.1, 0.15) is 11.6 Å². The lowest BCUT2D eigenvalue weighted by Gasteiger charge is -2.29. The highest BCUT2D eigenvalue weighted by atomic mass is 35.5. The van der Waals surface area contributed by atoms with Gasteiger partial charge >= 0.3 is 0 Å². The number of piperidine rings is 1. The molecule has 0 N–H and O–H groups in total. The number of ketones is 1. The van der Waals surface area contributed by atoms with E-state index >= 15 is 0 Å². The summed E-state index contributed by atoms with van der Waals surface area (Å²) in [5.41, 5.74) is 0.622. The monoisotopic (exact) mass is 261 g/mol. The molecule has 0 spiro atoms. The van der Waals surface area contributed by atoms with Gasteiger partial charge in [0.15, 0.2) is 0 Å². The minimum absolute atomic E-state index is 0.241. The Balaban J connectivity index is 2.30. The first-order chi connectivity index (χ1) is 7.58. The molecule has 0 amide bonds. The molecule has 1 aliphatic rings. The van der Waals surface area contributed by atoms with Crippen molar-refractivity contribution in [1.82, 2.24) is 0 Å². The Morgan fingerprint density at radius 1 is 1.12 bits per heavy atom. The van der Waals surface area contributed by atoms with Gasteiger partial charge in [-0.05, 0) is 12.1 Å². The summed E-state index contributed by atoms with van der Waals surface area (Å²) in [5.74, 6) is -0.211. The molecule has 2 rings (SSSR count). The molecule has 0 atom stereocenters. The van der Waals surface area contributed by atoms with Crippen LogP contribution in [0.4, 0.5) is 10.1 Å². The summed E-state index contributed by atoms with van der Waals surface area (Å²) in [7, 11) is 0. The number of anilines is 1. The van der Waals surface area contributed by atoms with E-state index in [2.05, 4.69) is 0 Å². The zero-order valence-electron chi connectivity index (χ0n) is 8.47. The number of halogens is 3. The van der Waals surface area contributed by atoms with Gasteiger partial charge in [-0.2, -0.15) is 0 Å². The van der Waals surface area contributed by atoms with Crippen LogP contribution in [-0.2, 0) is 4.79 Å². The van der Waals surface area contributed by atoms with Crippen molar-refractivity contribution in [2.75, 3.05) is 18.0 Å². The number of carbonyl (C=O) groups excluding carboxylic acids is 1. The Kier molecular flexibility index (Phi) is 3.36. The maximum Gasteiger partial charge on any atom is 0.136 e. The molecule has 1 saturated heterocycles. The predicted octanol–water partition coefficient (Wildman–Crippen LogP) is 3.30. The zero-order chi connectivity index (χ0) is 11.7. The number of Topliss-reactive ketones (excluding diaryl/α,β-unsaturated/α-hetero) is 1. The Morgan fingerprint density at radius 2 is 1.62 bits per heavy atom. The van der Waals surface area contributed by atoms with Crippen LogP contribution in [0.25, 0.3) is 0 Å². The van der Waals surface area contributed by atoms with E-state index in [-0.39, 0.29) is 5.78 Å². The molecule has 0 bridgehead atoms. The Labute approximate surface area is 103 Å². The molecule has 0 saturated carbocycles. The van der Waals surface area contributed by atoms with E-state index < -0.39 is 5.82 Å². The molecule has 86 valence electrons. The molecule has 1 aromatic carbocycles. The molecule has 1 fully saturated rings. The molecular formula is C11H10Cl2FNO. The molecule has 0 unspecified atom stereocenters. The van der Waals surface area contributed by atoms with Crippen LogP contribution in [-0.4, -0.2) is 18.9 Å². The van der Waals surface area contributed by atoms with Gasteiger partial charge in [0.05, 0.1) is 15.7 Å². The van der Waals surface area contributed by atoms with Gasteiger partial charge in [0.2, 0.25) is 0 Å². The van der Waals surface area contributed by atoms with Gasteiger partial charge in [-0.1, -0.05) is 23.2 Å². The largest absolute Gasteiger partial charge is 0.368 e. The van der Waals surface area contributed by atoms with Crippen LogP contribution >= 0.6 is 23.2 Å². The summed E-state index contributed by atoms with van der Waals surface area (Å²) in [5, 5.41) is 0.582. The van der Waals surface area contributed by atoms with Crippen molar-refractivity contribution in [2.45, 2.75) is 12.8 Å². The smallest absolute Gasteiger partial charge is 0.136 e.